The first kappa shape index (κ1) is 15.7. The van der Waals surface area contributed by atoms with Crippen LogP contribution < -0.4 is 10.6 Å². The zero-order chi connectivity index (χ0) is 16.8. The van der Waals surface area contributed by atoms with Crippen molar-refractivity contribution < 1.29 is 4.74 Å². The number of benzene rings is 1. The monoisotopic (exact) mass is 339 g/mol. The van der Waals surface area contributed by atoms with Crippen LogP contribution >= 0.6 is 0 Å². The minimum absolute atomic E-state index is 0.393. The van der Waals surface area contributed by atoms with Crippen molar-refractivity contribution in [2.45, 2.75) is 63.2 Å². The molecule has 134 valence electrons. The van der Waals surface area contributed by atoms with E-state index >= 15 is 0 Å². The smallest absolute Gasteiger partial charge is 0.191 e. The summed E-state index contributed by atoms with van der Waals surface area (Å²) in [7, 11) is 0. The van der Waals surface area contributed by atoms with Crippen molar-refractivity contribution in [1.29, 1.82) is 0 Å². The van der Waals surface area contributed by atoms with Crippen molar-refractivity contribution in [3.63, 3.8) is 0 Å². The molecular weight excluding hydrogens is 310 g/mol. The van der Waals surface area contributed by atoms with Gasteiger partial charge in [-0.1, -0.05) is 24.3 Å². The highest BCUT2D eigenvalue weighted by atomic mass is 16.5. The number of fused-ring (bicyclic) bond motifs is 5. The topological polar surface area (TPSA) is 45.7 Å². The first-order valence-electron chi connectivity index (χ1n) is 10.1. The van der Waals surface area contributed by atoms with Gasteiger partial charge in [0.2, 0.25) is 0 Å². The normalized spacial score (nSPS) is 38.2. The SMILES string of the molecule is CCNC(=NCC1C2CCc3ccccc3C21)NC1CC2CCC1O2. The Kier molecular flexibility index (Phi) is 3.96. The van der Waals surface area contributed by atoms with E-state index in [1.807, 2.05) is 0 Å². The number of guanidine groups is 1. The van der Waals surface area contributed by atoms with E-state index in [9.17, 15) is 0 Å². The number of aliphatic imine (C=N–C) groups is 1. The summed E-state index contributed by atoms with van der Waals surface area (Å²) in [5.41, 5.74) is 3.16. The second kappa shape index (κ2) is 6.31. The number of nitrogens with one attached hydrogen (secondary N) is 2. The van der Waals surface area contributed by atoms with Gasteiger partial charge in [-0.2, -0.15) is 0 Å². The third-order valence-corrected chi connectivity index (χ3v) is 6.73. The minimum atomic E-state index is 0.393. The summed E-state index contributed by atoms with van der Waals surface area (Å²) in [6, 6.07) is 9.47. The molecule has 6 unspecified atom stereocenters. The van der Waals surface area contributed by atoms with Crippen LogP contribution in [0.3, 0.4) is 0 Å². The van der Waals surface area contributed by atoms with Crippen molar-refractivity contribution in [2.24, 2.45) is 16.8 Å². The maximum absolute atomic E-state index is 5.97. The lowest BCUT2D eigenvalue weighted by Gasteiger charge is -2.22. The summed E-state index contributed by atoms with van der Waals surface area (Å²) < 4.78 is 5.97. The number of ether oxygens (including phenoxy) is 1. The summed E-state index contributed by atoms with van der Waals surface area (Å²) in [6.07, 6.45) is 7.03. The van der Waals surface area contributed by atoms with Gasteiger partial charge in [-0.05, 0) is 67.9 Å². The average Bonchev–Trinajstić information content (AvgIpc) is 2.95. The fourth-order valence-electron chi connectivity index (χ4n) is 5.44. The largest absolute Gasteiger partial charge is 0.373 e. The maximum Gasteiger partial charge on any atom is 0.191 e. The minimum Gasteiger partial charge on any atom is -0.373 e. The summed E-state index contributed by atoms with van der Waals surface area (Å²) >= 11 is 0. The van der Waals surface area contributed by atoms with E-state index in [2.05, 4.69) is 41.8 Å². The third-order valence-electron chi connectivity index (χ3n) is 6.73. The molecule has 4 heteroatoms. The van der Waals surface area contributed by atoms with Crippen molar-refractivity contribution in [1.82, 2.24) is 10.6 Å². The summed E-state index contributed by atoms with van der Waals surface area (Å²) in [5.74, 6) is 3.32. The molecule has 5 rings (SSSR count). The molecule has 1 aromatic carbocycles. The Hall–Kier alpha value is -1.55. The number of nitrogens with zero attached hydrogens (tertiary/aromatic N) is 1. The molecule has 0 aromatic heterocycles. The molecule has 0 spiro atoms. The summed E-state index contributed by atoms with van der Waals surface area (Å²) in [6.45, 7) is 4.00. The molecule has 2 N–H and O–H groups in total. The highest BCUT2D eigenvalue weighted by Gasteiger charge is 2.52. The van der Waals surface area contributed by atoms with Gasteiger partial charge in [-0.25, -0.2) is 0 Å². The summed E-state index contributed by atoms with van der Waals surface area (Å²) in [5, 5.41) is 7.08. The van der Waals surface area contributed by atoms with E-state index in [1.54, 1.807) is 11.1 Å². The van der Waals surface area contributed by atoms with Crippen molar-refractivity contribution in [2.75, 3.05) is 13.1 Å². The maximum atomic E-state index is 5.97. The lowest BCUT2D eigenvalue weighted by Crippen LogP contribution is -2.47. The predicted molar refractivity (Wildman–Crippen MR) is 99.9 cm³/mol. The fourth-order valence-corrected chi connectivity index (χ4v) is 5.44. The van der Waals surface area contributed by atoms with Gasteiger partial charge in [0.25, 0.3) is 0 Å². The van der Waals surface area contributed by atoms with E-state index < -0.39 is 0 Å². The van der Waals surface area contributed by atoms with Crippen molar-refractivity contribution in [3.05, 3.63) is 35.4 Å². The Morgan fingerprint density at radius 3 is 2.96 bits per heavy atom. The van der Waals surface area contributed by atoms with Crippen LogP contribution in [0.15, 0.2) is 29.3 Å². The van der Waals surface area contributed by atoms with Crippen LogP contribution in [-0.2, 0) is 11.2 Å². The zero-order valence-corrected chi connectivity index (χ0v) is 15.1. The van der Waals surface area contributed by atoms with Gasteiger partial charge in [0, 0.05) is 13.1 Å². The van der Waals surface area contributed by atoms with Crippen LogP contribution in [-0.4, -0.2) is 37.3 Å². The quantitative estimate of drug-likeness (QED) is 0.655. The van der Waals surface area contributed by atoms with Crippen LogP contribution in [0.25, 0.3) is 0 Å². The molecule has 0 radical (unpaired) electrons. The van der Waals surface area contributed by atoms with Gasteiger partial charge in [0.05, 0.1) is 18.2 Å². The lowest BCUT2D eigenvalue weighted by molar-refractivity contribution is 0.0992. The second-order valence-electron chi connectivity index (χ2n) is 8.17. The zero-order valence-electron chi connectivity index (χ0n) is 15.1. The van der Waals surface area contributed by atoms with Crippen LogP contribution in [0.2, 0.25) is 0 Å². The van der Waals surface area contributed by atoms with Gasteiger partial charge in [-0.3, -0.25) is 4.99 Å². The Bertz CT molecular complexity index is 673. The standard InChI is InChI=1S/C21H29N3O/c1-2-22-21(24-18-11-14-8-10-19(18)25-14)23-12-17-16-9-7-13-5-3-4-6-15(13)20(16)17/h3-6,14,16-20H,2,7-12H2,1H3,(H2,22,23,24). The van der Waals surface area contributed by atoms with Gasteiger partial charge in [0.15, 0.2) is 5.96 Å². The van der Waals surface area contributed by atoms with Crippen LogP contribution in [0.1, 0.15) is 49.7 Å². The van der Waals surface area contributed by atoms with Crippen molar-refractivity contribution >= 4 is 5.96 Å². The number of aryl methyl sites for hydroxylation is 1. The molecule has 6 atom stereocenters. The van der Waals surface area contributed by atoms with E-state index in [4.69, 9.17) is 9.73 Å². The number of hydrogen-bond donors (Lipinski definition) is 2. The molecule has 4 nitrogen and oxygen atoms in total. The van der Waals surface area contributed by atoms with Gasteiger partial charge in [-0.15, -0.1) is 0 Å². The molecule has 2 aliphatic carbocycles. The molecule has 2 aliphatic heterocycles. The Morgan fingerprint density at radius 2 is 2.16 bits per heavy atom. The van der Waals surface area contributed by atoms with Crippen LogP contribution in [0.5, 0.6) is 0 Å². The Balaban J connectivity index is 1.24. The van der Waals surface area contributed by atoms with E-state index in [-0.39, 0.29) is 0 Å². The first-order valence-corrected chi connectivity index (χ1v) is 10.1. The first-order chi connectivity index (χ1) is 12.3. The molecule has 0 amide bonds. The third kappa shape index (κ3) is 2.84. The highest BCUT2D eigenvalue weighted by Crippen LogP contribution is 2.59. The number of rotatable bonds is 4. The van der Waals surface area contributed by atoms with E-state index in [0.29, 0.717) is 18.2 Å². The number of hydrogen-bond acceptors (Lipinski definition) is 2. The molecular formula is C21H29N3O. The predicted octanol–water partition coefficient (Wildman–Crippen LogP) is 2.84. The summed E-state index contributed by atoms with van der Waals surface area (Å²) in [4.78, 5) is 4.96. The Labute approximate surface area is 150 Å². The van der Waals surface area contributed by atoms with Crippen molar-refractivity contribution in [3.8, 4) is 0 Å². The van der Waals surface area contributed by atoms with Gasteiger partial charge in [0.1, 0.15) is 0 Å². The fraction of sp³-hybridized carbons (Fsp3) is 0.667. The second-order valence-corrected chi connectivity index (χ2v) is 8.17. The average molecular weight is 339 g/mol. The molecule has 2 saturated heterocycles. The van der Waals surface area contributed by atoms with E-state index in [1.165, 1.54) is 25.7 Å². The molecule has 3 fully saturated rings. The molecule has 2 heterocycles. The molecule has 4 aliphatic rings. The van der Waals surface area contributed by atoms with Gasteiger partial charge < -0.3 is 15.4 Å². The lowest BCUT2D eigenvalue weighted by atomic mass is 9.92. The molecule has 2 bridgehead atoms. The molecule has 1 saturated carbocycles. The Morgan fingerprint density at radius 1 is 1.24 bits per heavy atom. The van der Waals surface area contributed by atoms with Gasteiger partial charge >= 0.3 is 0 Å². The van der Waals surface area contributed by atoms with E-state index in [0.717, 1.165) is 43.2 Å². The molecule has 25 heavy (non-hydrogen) atoms. The highest BCUT2D eigenvalue weighted by molar-refractivity contribution is 5.80. The van der Waals surface area contributed by atoms with Crippen LogP contribution in [0, 0.1) is 11.8 Å². The molecule has 1 aromatic rings. The van der Waals surface area contributed by atoms with Crippen LogP contribution in [0.4, 0.5) is 0 Å².